The highest BCUT2D eigenvalue weighted by atomic mass is 79.9. The van der Waals surface area contributed by atoms with Crippen LogP contribution in [-0.2, 0) is 10.0 Å². The molecule has 4 nitrogen and oxygen atoms in total. The van der Waals surface area contributed by atoms with Crippen molar-refractivity contribution in [1.82, 2.24) is 4.31 Å². The average molecular weight is 403 g/mol. The number of rotatable bonds is 4. The van der Waals surface area contributed by atoms with Gasteiger partial charge in [-0.3, -0.25) is 0 Å². The van der Waals surface area contributed by atoms with Crippen LogP contribution in [0.15, 0.2) is 14.1 Å². The molecule has 20 heavy (non-hydrogen) atoms. The molecule has 1 aliphatic rings. The summed E-state index contributed by atoms with van der Waals surface area (Å²) in [5, 5.41) is 9.97. The lowest BCUT2D eigenvalue weighted by atomic mass is 10.00. The van der Waals surface area contributed by atoms with Gasteiger partial charge in [-0.05, 0) is 48.2 Å². The minimum Gasteiger partial charge on any atom is -0.393 e. The molecule has 8 heteroatoms. The number of nitrogens with zero attached hydrogens (tertiary/aromatic N) is 1. The summed E-state index contributed by atoms with van der Waals surface area (Å²) in [4.78, 5) is 0. The summed E-state index contributed by atoms with van der Waals surface area (Å²) < 4.78 is 27.8. The fraction of sp³-hybridized carbons (Fsp3) is 0.667. The maximum Gasteiger partial charge on any atom is 0.252 e. The van der Waals surface area contributed by atoms with Crippen molar-refractivity contribution in [3.8, 4) is 0 Å². The van der Waals surface area contributed by atoms with E-state index in [1.165, 1.54) is 10.4 Å². The molecule has 1 saturated heterocycles. The molecule has 1 aliphatic heterocycles. The van der Waals surface area contributed by atoms with Crippen LogP contribution in [0.1, 0.15) is 32.6 Å². The molecule has 1 aromatic heterocycles. The highest BCUT2D eigenvalue weighted by molar-refractivity contribution is 9.11. The Morgan fingerprint density at radius 1 is 1.60 bits per heavy atom. The molecule has 0 saturated carbocycles. The first-order chi connectivity index (χ1) is 9.32. The Morgan fingerprint density at radius 3 is 2.85 bits per heavy atom. The first-order valence-corrected chi connectivity index (χ1v) is 9.90. The van der Waals surface area contributed by atoms with E-state index < -0.39 is 16.1 Å². The van der Waals surface area contributed by atoms with Crippen LogP contribution in [-0.4, -0.2) is 36.5 Å². The number of aliphatic hydroxyl groups is 1. The van der Waals surface area contributed by atoms with Crippen LogP contribution in [0, 0.1) is 0 Å². The van der Waals surface area contributed by atoms with Crippen molar-refractivity contribution < 1.29 is 13.5 Å². The SMILES string of the molecule is CC(O)CC1CCCCN1S(=O)(=O)c1cc(Cl)c(Br)s1. The Kier molecular flexibility index (Phi) is 5.53. The summed E-state index contributed by atoms with van der Waals surface area (Å²) in [7, 11) is -3.53. The highest BCUT2D eigenvalue weighted by Crippen LogP contribution is 2.37. The van der Waals surface area contributed by atoms with E-state index in [1.807, 2.05) is 0 Å². The Hall–Kier alpha value is 0.340. The summed E-state index contributed by atoms with van der Waals surface area (Å²) in [6.45, 7) is 2.20. The van der Waals surface area contributed by atoms with Crippen LogP contribution in [0.25, 0.3) is 0 Å². The first kappa shape index (κ1) is 16.7. The van der Waals surface area contributed by atoms with Crippen LogP contribution >= 0.6 is 38.9 Å². The fourth-order valence-electron chi connectivity index (χ4n) is 2.49. The lowest BCUT2D eigenvalue weighted by Gasteiger charge is -2.34. The third kappa shape index (κ3) is 3.56. The Labute approximate surface area is 136 Å². The topological polar surface area (TPSA) is 57.6 Å². The van der Waals surface area contributed by atoms with E-state index in [0.717, 1.165) is 30.6 Å². The van der Waals surface area contributed by atoms with E-state index in [4.69, 9.17) is 11.6 Å². The molecule has 2 unspecified atom stereocenters. The van der Waals surface area contributed by atoms with Gasteiger partial charge < -0.3 is 5.11 Å². The monoisotopic (exact) mass is 401 g/mol. The molecule has 0 aliphatic carbocycles. The second kappa shape index (κ2) is 6.62. The van der Waals surface area contributed by atoms with E-state index in [9.17, 15) is 13.5 Å². The van der Waals surface area contributed by atoms with Gasteiger partial charge in [0, 0.05) is 12.6 Å². The number of aliphatic hydroxyl groups excluding tert-OH is 1. The van der Waals surface area contributed by atoms with E-state index in [0.29, 0.717) is 21.8 Å². The standard InChI is InChI=1S/C12H17BrClNO3S2/c1-8(16)6-9-4-2-3-5-15(9)20(17,18)11-7-10(14)12(13)19-11/h7-9,16H,2-6H2,1H3. The normalized spacial score (nSPS) is 22.9. The van der Waals surface area contributed by atoms with Crippen LogP contribution < -0.4 is 0 Å². The van der Waals surface area contributed by atoms with Gasteiger partial charge in [-0.25, -0.2) is 8.42 Å². The Bertz CT molecular complexity index is 554. The van der Waals surface area contributed by atoms with E-state index >= 15 is 0 Å². The van der Waals surface area contributed by atoms with E-state index in [2.05, 4.69) is 15.9 Å². The smallest absolute Gasteiger partial charge is 0.252 e. The van der Waals surface area contributed by atoms with Crippen molar-refractivity contribution in [2.75, 3.05) is 6.54 Å². The van der Waals surface area contributed by atoms with Gasteiger partial charge >= 0.3 is 0 Å². The van der Waals surface area contributed by atoms with Crippen LogP contribution in [0.2, 0.25) is 5.02 Å². The lowest BCUT2D eigenvalue weighted by Crippen LogP contribution is -2.44. The molecular weight excluding hydrogens is 386 g/mol. The Morgan fingerprint density at radius 2 is 2.30 bits per heavy atom. The van der Waals surface area contributed by atoms with Crippen molar-refractivity contribution in [1.29, 1.82) is 0 Å². The van der Waals surface area contributed by atoms with Gasteiger partial charge in [-0.2, -0.15) is 4.31 Å². The molecule has 1 N–H and O–H groups in total. The predicted octanol–water partition coefficient (Wildman–Crippen LogP) is 3.48. The minimum atomic E-state index is -3.53. The predicted molar refractivity (Wildman–Crippen MR) is 84.9 cm³/mol. The van der Waals surface area contributed by atoms with Gasteiger partial charge in [-0.1, -0.05) is 18.0 Å². The van der Waals surface area contributed by atoms with Crippen LogP contribution in [0.3, 0.4) is 0 Å². The van der Waals surface area contributed by atoms with Crippen molar-refractivity contribution in [3.05, 3.63) is 14.9 Å². The molecule has 0 radical (unpaired) electrons. The number of hydrogen-bond acceptors (Lipinski definition) is 4. The summed E-state index contributed by atoms with van der Waals surface area (Å²) in [6.07, 6.45) is 2.62. The van der Waals surface area contributed by atoms with Gasteiger partial charge in [-0.15, -0.1) is 11.3 Å². The number of piperidine rings is 1. The molecule has 2 atom stereocenters. The number of thiophene rings is 1. The third-order valence-electron chi connectivity index (χ3n) is 3.37. The van der Waals surface area contributed by atoms with Gasteiger partial charge in [0.05, 0.1) is 14.9 Å². The molecule has 0 amide bonds. The molecule has 0 bridgehead atoms. The number of halogens is 2. The van der Waals surface area contributed by atoms with Gasteiger partial charge in [0.2, 0.25) is 0 Å². The summed E-state index contributed by atoms with van der Waals surface area (Å²) in [5.74, 6) is 0. The van der Waals surface area contributed by atoms with Gasteiger partial charge in [0.1, 0.15) is 4.21 Å². The molecule has 2 rings (SSSR count). The molecule has 114 valence electrons. The summed E-state index contributed by atoms with van der Waals surface area (Å²) in [6, 6.07) is 1.35. The highest BCUT2D eigenvalue weighted by Gasteiger charge is 2.35. The van der Waals surface area contributed by atoms with E-state index in [-0.39, 0.29) is 10.3 Å². The molecule has 0 aromatic carbocycles. The zero-order valence-corrected chi connectivity index (χ0v) is 15.0. The zero-order valence-electron chi connectivity index (χ0n) is 11.1. The van der Waals surface area contributed by atoms with E-state index in [1.54, 1.807) is 6.92 Å². The summed E-state index contributed by atoms with van der Waals surface area (Å²) in [5.41, 5.74) is 0. The fourth-order valence-corrected chi connectivity index (χ4v) is 6.72. The van der Waals surface area contributed by atoms with Crippen molar-refractivity contribution in [2.24, 2.45) is 0 Å². The summed E-state index contributed by atoms with van der Waals surface area (Å²) >= 11 is 10.3. The quantitative estimate of drug-likeness (QED) is 0.839. The zero-order chi connectivity index (χ0) is 14.9. The second-order valence-corrected chi connectivity index (χ2v) is 9.93. The minimum absolute atomic E-state index is 0.131. The third-order valence-corrected chi connectivity index (χ3v) is 8.25. The molecule has 1 aromatic rings. The largest absolute Gasteiger partial charge is 0.393 e. The van der Waals surface area contributed by atoms with Gasteiger partial charge in [0.15, 0.2) is 0 Å². The lowest BCUT2D eigenvalue weighted by molar-refractivity contribution is 0.132. The number of sulfonamides is 1. The molecule has 2 heterocycles. The molecule has 0 spiro atoms. The van der Waals surface area contributed by atoms with Crippen molar-refractivity contribution >= 4 is 48.9 Å². The second-order valence-electron chi connectivity index (χ2n) is 5.04. The number of hydrogen-bond donors (Lipinski definition) is 1. The maximum absolute atomic E-state index is 12.7. The molecular formula is C12H17BrClNO3S2. The first-order valence-electron chi connectivity index (χ1n) is 6.47. The van der Waals surface area contributed by atoms with Crippen LogP contribution in [0.4, 0.5) is 0 Å². The van der Waals surface area contributed by atoms with Crippen molar-refractivity contribution in [3.63, 3.8) is 0 Å². The van der Waals surface area contributed by atoms with Crippen LogP contribution in [0.5, 0.6) is 0 Å². The maximum atomic E-state index is 12.7. The average Bonchev–Trinajstić information content (AvgIpc) is 2.70. The molecule has 1 fully saturated rings. The van der Waals surface area contributed by atoms with Gasteiger partial charge in [0.25, 0.3) is 10.0 Å². The Balaban J connectivity index is 2.30. The van der Waals surface area contributed by atoms with Crippen molar-refractivity contribution in [2.45, 2.75) is 49.0 Å².